The van der Waals surface area contributed by atoms with Crippen molar-refractivity contribution in [2.45, 2.75) is 18.3 Å². The fourth-order valence-corrected chi connectivity index (χ4v) is 2.81. The van der Waals surface area contributed by atoms with Crippen molar-refractivity contribution >= 4 is 34.7 Å². The van der Waals surface area contributed by atoms with Crippen LogP contribution in [0.1, 0.15) is 0 Å². The van der Waals surface area contributed by atoms with Gasteiger partial charge in [-0.2, -0.15) is 0 Å². The second-order valence-corrected chi connectivity index (χ2v) is 4.60. The third-order valence-electron chi connectivity index (χ3n) is 2.57. The van der Waals surface area contributed by atoms with Gasteiger partial charge in [-0.1, -0.05) is 6.08 Å². The minimum atomic E-state index is -0.715. The molecule has 14 heavy (non-hydrogen) atoms. The second-order valence-electron chi connectivity index (χ2n) is 3.35. The highest BCUT2D eigenvalue weighted by molar-refractivity contribution is 14.1. The van der Waals surface area contributed by atoms with Crippen molar-refractivity contribution < 1.29 is 23.8 Å². The molecule has 2 fully saturated rings. The average molecular weight is 308 g/mol. The second kappa shape index (κ2) is 2.62. The summed E-state index contributed by atoms with van der Waals surface area (Å²) in [5, 5.41) is 0. The normalized spacial score (nSPS) is 43.6. The predicted molar refractivity (Wildman–Crippen MR) is 50.6 cm³/mol. The van der Waals surface area contributed by atoms with Crippen LogP contribution in [0, 0.1) is 5.92 Å². The van der Waals surface area contributed by atoms with Gasteiger partial charge in [0.2, 0.25) is 0 Å². The van der Waals surface area contributed by atoms with Crippen molar-refractivity contribution in [3.63, 3.8) is 0 Å². The first-order valence-electron chi connectivity index (χ1n) is 4.12. The predicted octanol–water partition coefficient (Wildman–Crippen LogP) is 0.765. The lowest BCUT2D eigenvalue weighted by Gasteiger charge is -2.37. The maximum absolute atomic E-state index is 11.3. The zero-order valence-electron chi connectivity index (χ0n) is 6.81. The van der Waals surface area contributed by atoms with E-state index >= 15 is 0 Å². The maximum Gasteiger partial charge on any atom is 0.509 e. The molecule has 0 N–H and O–H groups in total. The summed E-state index contributed by atoms with van der Waals surface area (Å²) in [6, 6.07) is 0. The number of carbonyl (C=O) groups is 2. The van der Waals surface area contributed by atoms with Gasteiger partial charge in [0.25, 0.3) is 0 Å². The van der Waals surface area contributed by atoms with Crippen LogP contribution in [0.4, 0.5) is 4.79 Å². The van der Waals surface area contributed by atoms with Crippen molar-refractivity contribution in [3.8, 4) is 0 Å². The standard InChI is InChI=1S/C8H5IO5/c9-3-1-2-4-6(14-8(11)13-4)5(3)12-7(2)10/h1-2,4-6H/t2-,4-,5+,6-/m0/s1. The molecule has 0 unspecified atom stereocenters. The maximum atomic E-state index is 11.3. The van der Waals surface area contributed by atoms with Crippen molar-refractivity contribution in [2.24, 2.45) is 5.92 Å². The number of ether oxygens (including phenoxy) is 3. The summed E-state index contributed by atoms with van der Waals surface area (Å²) in [5.74, 6) is -0.835. The zero-order chi connectivity index (χ0) is 9.87. The van der Waals surface area contributed by atoms with E-state index in [0.717, 1.165) is 3.58 Å². The fourth-order valence-electron chi connectivity index (χ4n) is 1.94. The third-order valence-corrected chi connectivity index (χ3v) is 3.54. The molecule has 0 aromatic heterocycles. The summed E-state index contributed by atoms with van der Waals surface area (Å²) in [6.45, 7) is 0. The molecule has 0 amide bonds. The molecule has 2 bridgehead atoms. The Labute approximate surface area is 92.5 Å². The molecule has 6 heteroatoms. The molecule has 4 atom stereocenters. The Kier molecular flexibility index (Phi) is 1.59. The number of hydrogen-bond donors (Lipinski definition) is 0. The first-order chi connectivity index (χ1) is 6.66. The number of carbonyl (C=O) groups excluding carboxylic acids is 2. The molecule has 0 radical (unpaired) electrons. The van der Waals surface area contributed by atoms with Gasteiger partial charge in [0.1, 0.15) is 5.92 Å². The van der Waals surface area contributed by atoms with Gasteiger partial charge in [0, 0.05) is 3.58 Å². The van der Waals surface area contributed by atoms with Crippen molar-refractivity contribution in [2.75, 3.05) is 0 Å². The molecule has 74 valence electrons. The molecular weight excluding hydrogens is 303 g/mol. The fraction of sp³-hybridized carbons (Fsp3) is 0.500. The van der Waals surface area contributed by atoms with Crippen LogP contribution in [-0.4, -0.2) is 30.4 Å². The minimum Gasteiger partial charge on any atom is -0.452 e. The van der Waals surface area contributed by atoms with Gasteiger partial charge in [0.15, 0.2) is 18.3 Å². The number of rotatable bonds is 0. The molecular formula is C8H5IO5. The lowest BCUT2D eigenvalue weighted by atomic mass is 9.86. The molecule has 3 aliphatic heterocycles. The summed E-state index contributed by atoms with van der Waals surface area (Å²) >= 11 is 2.08. The highest BCUT2D eigenvalue weighted by atomic mass is 127. The third kappa shape index (κ3) is 0.943. The van der Waals surface area contributed by atoms with Gasteiger partial charge in [-0.3, -0.25) is 4.79 Å². The summed E-state index contributed by atoms with van der Waals surface area (Å²) in [4.78, 5) is 22.2. The quantitative estimate of drug-likeness (QED) is 0.488. The monoisotopic (exact) mass is 308 g/mol. The Morgan fingerprint density at radius 2 is 1.86 bits per heavy atom. The van der Waals surface area contributed by atoms with E-state index in [1.54, 1.807) is 6.08 Å². The first-order valence-corrected chi connectivity index (χ1v) is 5.19. The van der Waals surface area contributed by atoms with Gasteiger partial charge in [0.05, 0.1) is 0 Å². The smallest absolute Gasteiger partial charge is 0.452 e. The summed E-state index contributed by atoms with van der Waals surface area (Å²) in [6.07, 6.45) is -0.355. The van der Waals surface area contributed by atoms with Crippen molar-refractivity contribution in [3.05, 3.63) is 9.66 Å². The van der Waals surface area contributed by atoms with Gasteiger partial charge in [-0.25, -0.2) is 4.79 Å². The van der Waals surface area contributed by atoms with E-state index in [4.69, 9.17) is 14.2 Å². The molecule has 4 aliphatic rings. The Balaban J connectivity index is 2.04. The molecule has 3 heterocycles. The lowest BCUT2D eigenvalue weighted by Crippen LogP contribution is -2.53. The van der Waals surface area contributed by atoms with E-state index in [0.29, 0.717) is 0 Å². The van der Waals surface area contributed by atoms with Gasteiger partial charge < -0.3 is 14.2 Å². The van der Waals surface area contributed by atoms with Crippen LogP contribution in [0.5, 0.6) is 0 Å². The Morgan fingerprint density at radius 3 is 2.64 bits per heavy atom. The Hall–Kier alpha value is -0.790. The van der Waals surface area contributed by atoms with E-state index in [1.165, 1.54) is 0 Å². The van der Waals surface area contributed by atoms with Crippen LogP contribution in [0.2, 0.25) is 0 Å². The Bertz CT molecular complexity index is 363. The van der Waals surface area contributed by atoms with E-state index in [2.05, 4.69) is 22.6 Å². The van der Waals surface area contributed by atoms with Crippen LogP contribution in [-0.2, 0) is 19.0 Å². The van der Waals surface area contributed by atoms with E-state index in [9.17, 15) is 9.59 Å². The summed E-state index contributed by atoms with van der Waals surface area (Å²) in [5.41, 5.74) is 0. The molecule has 4 rings (SSSR count). The molecule has 0 aromatic carbocycles. The summed E-state index contributed by atoms with van der Waals surface area (Å²) < 4.78 is 15.8. The number of esters is 1. The average Bonchev–Trinajstić information content (AvgIpc) is 2.50. The minimum absolute atomic E-state index is 0.338. The van der Waals surface area contributed by atoms with Gasteiger partial charge in [-0.05, 0) is 22.6 Å². The van der Waals surface area contributed by atoms with E-state index in [1.807, 2.05) is 0 Å². The van der Waals surface area contributed by atoms with Crippen LogP contribution >= 0.6 is 22.6 Å². The molecule has 0 spiro atoms. The van der Waals surface area contributed by atoms with Crippen LogP contribution in [0.15, 0.2) is 9.66 Å². The van der Waals surface area contributed by atoms with Crippen molar-refractivity contribution in [1.82, 2.24) is 0 Å². The van der Waals surface area contributed by atoms with Crippen LogP contribution < -0.4 is 0 Å². The molecule has 1 aliphatic carbocycles. The van der Waals surface area contributed by atoms with Gasteiger partial charge >= 0.3 is 12.1 Å². The molecule has 2 saturated heterocycles. The van der Waals surface area contributed by atoms with Crippen LogP contribution in [0.25, 0.3) is 0 Å². The van der Waals surface area contributed by atoms with Gasteiger partial charge in [-0.15, -0.1) is 0 Å². The number of hydrogen-bond acceptors (Lipinski definition) is 5. The highest BCUT2D eigenvalue weighted by Gasteiger charge is 2.57. The SMILES string of the molecule is O=C1O[C@@H]2[C@H](O1)[C@@H]1OC(=O)[C@H]2C=C1I. The van der Waals surface area contributed by atoms with Crippen molar-refractivity contribution in [1.29, 1.82) is 0 Å². The first kappa shape index (κ1) is 8.51. The Morgan fingerprint density at radius 1 is 1.14 bits per heavy atom. The lowest BCUT2D eigenvalue weighted by molar-refractivity contribution is -0.171. The zero-order valence-corrected chi connectivity index (χ0v) is 8.96. The highest BCUT2D eigenvalue weighted by Crippen LogP contribution is 2.42. The number of fused-ring (bicyclic) bond motifs is 1. The summed E-state index contributed by atoms with van der Waals surface area (Å²) in [7, 11) is 0. The molecule has 0 saturated carbocycles. The topological polar surface area (TPSA) is 61.8 Å². The van der Waals surface area contributed by atoms with E-state index < -0.39 is 30.4 Å². The molecule has 5 nitrogen and oxygen atoms in total. The molecule has 0 aromatic rings. The number of halogens is 1. The largest absolute Gasteiger partial charge is 0.509 e. The van der Waals surface area contributed by atoms with Crippen LogP contribution in [0.3, 0.4) is 0 Å². The van der Waals surface area contributed by atoms with E-state index in [-0.39, 0.29) is 5.97 Å².